The van der Waals surface area contributed by atoms with Crippen LogP contribution in [0.25, 0.3) is 0 Å². The molecule has 0 atom stereocenters. The van der Waals surface area contributed by atoms with Gasteiger partial charge in [-0.1, -0.05) is 22.9 Å². The highest BCUT2D eigenvalue weighted by atomic mass is 79.9. The van der Waals surface area contributed by atoms with Crippen molar-refractivity contribution in [1.82, 2.24) is 0 Å². The van der Waals surface area contributed by atoms with Gasteiger partial charge >= 0.3 is 0 Å². The molecule has 1 saturated heterocycles. The minimum absolute atomic E-state index is 0.628. The Hall–Kier alpha value is -0.580. The van der Waals surface area contributed by atoms with Crippen molar-refractivity contribution < 1.29 is 14.2 Å². The van der Waals surface area contributed by atoms with E-state index in [0.29, 0.717) is 13.2 Å². The number of methoxy groups -OCH3 is 1. The molecular weight excluding hydrogens is 272 g/mol. The highest BCUT2D eigenvalue weighted by Gasteiger charge is 2.39. The molecule has 3 nitrogen and oxygen atoms in total. The van der Waals surface area contributed by atoms with Gasteiger partial charge in [-0.15, -0.1) is 0 Å². The molecule has 0 bridgehead atoms. The van der Waals surface area contributed by atoms with E-state index in [1.807, 2.05) is 25.1 Å². The first-order chi connectivity index (χ1) is 7.72. The summed E-state index contributed by atoms with van der Waals surface area (Å²) in [6.45, 7) is 3.30. The molecule has 4 heteroatoms. The Morgan fingerprint density at radius 2 is 2.06 bits per heavy atom. The molecule has 0 unspecified atom stereocenters. The Labute approximate surface area is 104 Å². The molecule has 1 heterocycles. The zero-order valence-electron chi connectivity index (χ0n) is 9.46. The molecule has 1 aromatic carbocycles. The molecule has 1 fully saturated rings. The lowest BCUT2D eigenvalue weighted by Gasteiger charge is -2.28. The third kappa shape index (κ3) is 1.97. The van der Waals surface area contributed by atoms with Crippen LogP contribution >= 0.6 is 15.9 Å². The molecule has 0 aliphatic carbocycles. The summed E-state index contributed by atoms with van der Waals surface area (Å²) in [5, 5.41) is 0. The lowest BCUT2D eigenvalue weighted by molar-refractivity contribution is -0.168. The van der Waals surface area contributed by atoms with Crippen molar-refractivity contribution in [3.05, 3.63) is 28.2 Å². The van der Waals surface area contributed by atoms with Crippen molar-refractivity contribution in [2.24, 2.45) is 0 Å². The van der Waals surface area contributed by atoms with E-state index in [2.05, 4.69) is 15.9 Å². The summed E-state index contributed by atoms with van der Waals surface area (Å²) in [5.74, 6) is 0.154. The van der Waals surface area contributed by atoms with Gasteiger partial charge in [0.15, 0.2) is 5.79 Å². The average Bonchev–Trinajstić information content (AvgIpc) is 2.78. The van der Waals surface area contributed by atoms with E-state index >= 15 is 0 Å². The van der Waals surface area contributed by atoms with E-state index in [1.54, 1.807) is 7.11 Å². The molecule has 88 valence electrons. The second-order valence-electron chi connectivity index (χ2n) is 3.65. The van der Waals surface area contributed by atoms with Crippen molar-refractivity contribution in [2.75, 3.05) is 20.3 Å². The Balaban J connectivity index is 2.47. The van der Waals surface area contributed by atoms with Crippen molar-refractivity contribution in [3.63, 3.8) is 0 Å². The maximum absolute atomic E-state index is 5.75. The first kappa shape index (κ1) is 11.9. The molecule has 0 spiro atoms. The highest BCUT2D eigenvalue weighted by Crippen LogP contribution is 2.40. The van der Waals surface area contributed by atoms with E-state index in [0.717, 1.165) is 22.2 Å². The lowest BCUT2D eigenvalue weighted by Crippen LogP contribution is -2.26. The van der Waals surface area contributed by atoms with E-state index in [-0.39, 0.29) is 0 Å². The van der Waals surface area contributed by atoms with Crippen LogP contribution in [0.5, 0.6) is 5.75 Å². The lowest BCUT2D eigenvalue weighted by atomic mass is 10.0. The van der Waals surface area contributed by atoms with Gasteiger partial charge in [0.05, 0.1) is 25.9 Å². The largest absolute Gasteiger partial charge is 0.496 e. The number of ether oxygens (including phenoxy) is 3. The third-order valence-corrected chi connectivity index (χ3v) is 3.28. The Bertz CT molecular complexity index is 373. The molecule has 0 amide bonds. The standard InChI is InChI=1S/C12H15BrO3/c1-3-12(15-6-7-16-12)10-8-9(13)4-5-11(10)14-2/h4-5,8H,3,6-7H2,1-2H3. The molecule has 1 aliphatic heterocycles. The number of benzene rings is 1. The van der Waals surface area contributed by atoms with Gasteiger partial charge in [-0.2, -0.15) is 0 Å². The summed E-state index contributed by atoms with van der Waals surface area (Å²) in [4.78, 5) is 0. The monoisotopic (exact) mass is 286 g/mol. The molecule has 2 rings (SSSR count). The molecule has 16 heavy (non-hydrogen) atoms. The van der Waals surface area contributed by atoms with Crippen LogP contribution in [0, 0.1) is 0 Å². The molecule has 0 radical (unpaired) electrons. The zero-order valence-corrected chi connectivity index (χ0v) is 11.0. The molecule has 0 aromatic heterocycles. The molecule has 0 saturated carbocycles. The van der Waals surface area contributed by atoms with Crippen LogP contribution in [-0.2, 0) is 15.3 Å². The Morgan fingerprint density at radius 3 is 2.62 bits per heavy atom. The van der Waals surface area contributed by atoms with Gasteiger partial charge in [0.2, 0.25) is 0 Å². The quantitative estimate of drug-likeness (QED) is 0.855. The van der Waals surface area contributed by atoms with Crippen molar-refractivity contribution in [3.8, 4) is 5.75 Å². The van der Waals surface area contributed by atoms with Crippen LogP contribution in [0.15, 0.2) is 22.7 Å². The van der Waals surface area contributed by atoms with Crippen LogP contribution in [0.2, 0.25) is 0 Å². The highest BCUT2D eigenvalue weighted by molar-refractivity contribution is 9.10. The number of hydrogen-bond acceptors (Lipinski definition) is 3. The van der Waals surface area contributed by atoms with Crippen LogP contribution in [0.1, 0.15) is 18.9 Å². The predicted octanol–water partition coefficient (Wildman–Crippen LogP) is 3.07. The summed E-state index contributed by atoms with van der Waals surface area (Å²) >= 11 is 3.46. The van der Waals surface area contributed by atoms with Crippen LogP contribution < -0.4 is 4.74 Å². The SMILES string of the molecule is CCC1(c2cc(Br)ccc2OC)OCCO1. The fourth-order valence-corrected chi connectivity index (χ4v) is 2.34. The number of rotatable bonds is 3. The van der Waals surface area contributed by atoms with Gasteiger partial charge in [0, 0.05) is 10.9 Å². The summed E-state index contributed by atoms with van der Waals surface area (Å²) in [5.41, 5.74) is 0.948. The van der Waals surface area contributed by atoms with Gasteiger partial charge in [-0.05, 0) is 18.2 Å². The summed E-state index contributed by atoms with van der Waals surface area (Å²) in [6, 6.07) is 5.86. The normalized spacial score (nSPS) is 18.7. The average molecular weight is 287 g/mol. The maximum Gasteiger partial charge on any atom is 0.198 e. The molecular formula is C12H15BrO3. The zero-order chi connectivity index (χ0) is 11.6. The number of hydrogen-bond donors (Lipinski definition) is 0. The van der Waals surface area contributed by atoms with Crippen LogP contribution in [-0.4, -0.2) is 20.3 Å². The van der Waals surface area contributed by atoms with Gasteiger partial charge in [0.25, 0.3) is 0 Å². The van der Waals surface area contributed by atoms with E-state index < -0.39 is 5.79 Å². The topological polar surface area (TPSA) is 27.7 Å². The Morgan fingerprint density at radius 1 is 1.38 bits per heavy atom. The first-order valence-electron chi connectivity index (χ1n) is 5.34. The van der Waals surface area contributed by atoms with E-state index in [9.17, 15) is 0 Å². The van der Waals surface area contributed by atoms with Crippen LogP contribution in [0.3, 0.4) is 0 Å². The van der Waals surface area contributed by atoms with Crippen molar-refractivity contribution >= 4 is 15.9 Å². The van der Waals surface area contributed by atoms with E-state index in [1.165, 1.54) is 0 Å². The van der Waals surface area contributed by atoms with Crippen LogP contribution in [0.4, 0.5) is 0 Å². The minimum Gasteiger partial charge on any atom is -0.496 e. The second kappa shape index (κ2) is 4.73. The second-order valence-corrected chi connectivity index (χ2v) is 4.56. The molecule has 1 aromatic rings. The first-order valence-corrected chi connectivity index (χ1v) is 6.13. The maximum atomic E-state index is 5.75. The molecule has 0 N–H and O–H groups in total. The van der Waals surface area contributed by atoms with Gasteiger partial charge in [-0.25, -0.2) is 0 Å². The van der Waals surface area contributed by atoms with Crippen molar-refractivity contribution in [2.45, 2.75) is 19.1 Å². The Kier molecular flexibility index (Phi) is 3.52. The fourth-order valence-electron chi connectivity index (χ4n) is 1.98. The summed E-state index contributed by atoms with van der Waals surface area (Å²) in [7, 11) is 1.66. The summed E-state index contributed by atoms with van der Waals surface area (Å²) in [6.07, 6.45) is 0.764. The third-order valence-electron chi connectivity index (χ3n) is 2.79. The van der Waals surface area contributed by atoms with Gasteiger partial charge in [-0.3, -0.25) is 0 Å². The predicted molar refractivity (Wildman–Crippen MR) is 64.6 cm³/mol. The van der Waals surface area contributed by atoms with Gasteiger partial charge < -0.3 is 14.2 Å². The van der Waals surface area contributed by atoms with Crippen molar-refractivity contribution in [1.29, 1.82) is 0 Å². The molecule has 1 aliphatic rings. The smallest absolute Gasteiger partial charge is 0.198 e. The van der Waals surface area contributed by atoms with E-state index in [4.69, 9.17) is 14.2 Å². The number of halogens is 1. The fraction of sp³-hybridized carbons (Fsp3) is 0.500. The summed E-state index contributed by atoms with van der Waals surface area (Å²) < 4.78 is 17.9. The minimum atomic E-state index is -0.644. The van der Waals surface area contributed by atoms with Gasteiger partial charge in [0.1, 0.15) is 5.75 Å².